The predicted octanol–water partition coefficient (Wildman–Crippen LogP) is 3.49. The molecule has 144 valence electrons. The standard InChI is InChI=1S/C18H27N5OS.HI/c1-12-14(13(2)24-22-12)9-10-20-18(19-3)23(4)11-17-21-15-7-5-6-8-16(15)25-17;/h5-11H2,1-4H3,(H,19,20);1H. The van der Waals surface area contributed by atoms with Gasteiger partial charge >= 0.3 is 0 Å². The molecule has 0 radical (unpaired) electrons. The third kappa shape index (κ3) is 4.97. The van der Waals surface area contributed by atoms with Crippen molar-refractivity contribution in [1.82, 2.24) is 20.4 Å². The molecule has 0 aromatic carbocycles. The van der Waals surface area contributed by atoms with Crippen LogP contribution in [0.4, 0.5) is 0 Å². The van der Waals surface area contributed by atoms with Crippen LogP contribution >= 0.6 is 35.3 Å². The van der Waals surface area contributed by atoms with Crippen LogP contribution in [-0.4, -0.2) is 41.6 Å². The largest absolute Gasteiger partial charge is 0.361 e. The molecule has 2 heterocycles. The number of guanidine groups is 1. The van der Waals surface area contributed by atoms with Crippen molar-refractivity contribution in [3.05, 3.63) is 32.6 Å². The Kier molecular flexibility index (Phi) is 7.87. The van der Waals surface area contributed by atoms with E-state index >= 15 is 0 Å². The van der Waals surface area contributed by atoms with Gasteiger partial charge < -0.3 is 14.7 Å². The van der Waals surface area contributed by atoms with Crippen LogP contribution < -0.4 is 5.32 Å². The maximum atomic E-state index is 5.22. The van der Waals surface area contributed by atoms with Gasteiger partial charge in [-0.25, -0.2) is 4.98 Å². The van der Waals surface area contributed by atoms with E-state index in [1.54, 1.807) is 0 Å². The lowest BCUT2D eigenvalue weighted by atomic mass is 10.0. The Hall–Kier alpha value is -1.16. The van der Waals surface area contributed by atoms with Crippen molar-refractivity contribution >= 4 is 41.3 Å². The van der Waals surface area contributed by atoms with Gasteiger partial charge in [0.2, 0.25) is 0 Å². The highest BCUT2D eigenvalue weighted by molar-refractivity contribution is 14.0. The van der Waals surface area contributed by atoms with Crippen molar-refractivity contribution in [2.24, 2.45) is 4.99 Å². The van der Waals surface area contributed by atoms with Crippen molar-refractivity contribution in [2.45, 2.75) is 52.5 Å². The summed E-state index contributed by atoms with van der Waals surface area (Å²) < 4.78 is 5.22. The van der Waals surface area contributed by atoms with Crippen LogP contribution in [0, 0.1) is 13.8 Å². The van der Waals surface area contributed by atoms with Gasteiger partial charge in [-0.15, -0.1) is 35.3 Å². The highest BCUT2D eigenvalue weighted by Crippen LogP contribution is 2.27. The Morgan fingerprint density at radius 3 is 2.73 bits per heavy atom. The van der Waals surface area contributed by atoms with E-state index in [0.717, 1.165) is 43.3 Å². The molecular weight excluding hydrogens is 461 g/mol. The molecule has 0 saturated carbocycles. The zero-order valence-electron chi connectivity index (χ0n) is 16.0. The number of aliphatic imine (C=N–C) groups is 1. The molecule has 0 bridgehead atoms. The fourth-order valence-electron chi connectivity index (χ4n) is 3.29. The zero-order valence-corrected chi connectivity index (χ0v) is 19.1. The van der Waals surface area contributed by atoms with Crippen LogP contribution in [0.3, 0.4) is 0 Å². The normalized spacial score (nSPS) is 13.9. The summed E-state index contributed by atoms with van der Waals surface area (Å²) in [6, 6.07) is 0. The molecule has 26 heavy (non-hydrogen) atoms. The van der Waals surface area contributed by atoms with E-state index in [2.05, 4.69) is 27.4 Å². The first-order chi connectivity index (χ1) is 12.1. The molecule has 0 saturated heterocycles. The lowest BCUT2D eigenvalue weighted by Gasteiger charge is -2.21. The minimum atomic E-state index is 0. The van der Waals surface area contributed by atoms with Gasteiger partial charge in [0.1, 0.15) is 10.8 Å². The highest BCUT2D eigenvalue weighted by Gasteiger charge is 2.17. The quantitative estimate of drug-likeness (QED) is 0.396. The number of aromatic nitrogens is 2. The molecule has 0 fully saturated rings. The van der Waals surface area contributed by atoms with Gasteiger partial charge in [0, 0.05) is 31.1 Å². The number of hydrogen-bond acceptors (Lipinski definition) is 5. The second-order valence-electron chi connectivity index (χ2n) is 6.57. The van der Waals surface area contributed by atoms with Gasteiger partial charge in [-0.1, -0.05) is 5.16 Å². The Bertz CT molecular complexity index is 712. The molecule has 2 aromatic rings. The van der Waals surface area contributed by atoms with Gasteiger partial charge in [-0.2, -0.15) is 0 Å². The van der Waals surface area contributed by atoms with Crippen LogP contribution in [0.1, 0.15) is 45.4 Å². The second-order valence-corrected chi connectivity index (χ2v) is 7.74. The smallest absolute Gasteiger partial charge is 0.193 e. The summed E-state index contributed by atoms with van der Waals surface area (Å²) in [6.45, 7) is 5.54. The number of nitrogens with one attached hydrogen (secondary N) is 1. The van der Waals surface area contributed by atoms with E-state index in [1.807, 2.05) is 32.2 Å². The first-order valence-electron chi connectivity index (χ1n) is 8.89. The summed E-state index contributed by atoms with van der Waals surface area (Å²) in [5.41, 5.74) is 3.47. The van der Waals surface area contributed by atoms with Crippen LogP contribution in [0.2, 0.25) is 0 Å². The topological polar surface area (TPSA) is 66.6 Å². The summed E-state index contributed by atoms with van der Waals surface area (Å²) in [4.78, 5) is 12.8. The summed E-state index contributed by atoms with van der Waals surface area (Å²) >= 11 is 1.86. The summed E-state index contributed by atoms with van der Waals surface area (Å²) in [7, 11) is 3.88. The average molecular weight is 489 g/mol. The van der Waals surface area contributed by atoms with Gasteiger partial charge in [0.25, 0.3) is 0 Å². The fourth-order valence-corrected chi connectivity index (χ4v) is 4.50. The third-order valence-corrected chi connectivity index (χ3v) is 5.82. The fraction of sp³-hybridized carbons (Fsp3) is 0.611. The Balaban J connectivity index is 0.00000243. The van der Waals surface area contributed by atoms with Gasteiger partial charge in [0.05, 0.1) is 17.9 Å². The molecule has 8 heteroatoms. The Labute approximate surface area is 176 Å². The average Bonchev–Trinajstić information content (AvgIpc) is 3.15. The SMILES string of the molecule is CN=C(NCCc1c(C)noc1C)N(C)Cc1nc2c(s1)CCCC2.I. The van der Waals surface area contributed by atoms with Gasteiger partial charge in [-0.3, -0.25) is 4.99 Å². The van der Waals surface area contributed by atoms with Crippen molar-refractivity contribution < 1.29 is 4.52 Å². The predicted molar refractivity (Wildman–Crippen MR) is 117 cm³/mol. The molecule has 0 atom stereocenters. The maximum absolute atomic E-state index is 5.22. The molecule has 1 aliphatic carbocycles. The van der Waals surface area contributed by atoms with E-state index in [-0.39, 0.29) is 24.0 Å². The van der Waals surface area contributed by atoms with Crippen molar-refractivity contribution in [3.63, 3.8) is 0 Å². The number of fused-ring (bicyclic) bond motifs is 1. The van der Waals surface area contributed by atoms with E-state index in [0.29, 0.717) is 0 Å². The lowest BCUT2D eigenvalue weighted by molar-refractivity contribution is 0.392. The molecule has 6 nitrogen and oxygen atoms in total. The van der Waals surface area contributed by atoms with Crippen LogP contribution in [0.5, 0.6) is 0 Å². The first-order valence-corrected chi connectivity index (χ1v) is 9.71. The number of thiazole rings is 1. The maximum Gasteiger partial charge on any atom is 0.193 e. The minimum Gasteiger partial charge on any atom is -0.361 e. The molecule has 0 spiro atoms. The Morgan fingerprint density at radius 2 is 2.08 bits per heavy atom. The van der Waals surface area contributed by atoms with Crippen molar-refractivity contribution in [2.75, 3.05) is 20.6 Å². The van der Waals surface area contributed by atoms with Crippen LogP contribution in [0.15, 0.2) is 9.52 Å². The van der Waals surface area contributed by atoms with Crippen molar-refractivity contribution in [1.29, 1.82) is 0 Å². The molecule has 3 rings (SSSR count). The van der Waals surface area contributed by atoms with E-state index in [4.69, 9.17) is 9.51 Å². The number of rotatable bonds is 5. The van der Waals surface area contributed by atoms with E-state index in [1.165, 1.54) is 40.4 Å². The molecular formula is C18H28IN5OS. The number of hydrogen-bond donors (Lipinski definition) is 1. The van der Waals surface area contributed by atoms with Crippen LogP contribution in [0.25, 0.3) is 0 Å². The second kappa shape index (κ2) is 9.68. The number of halogens is 1. The highest BCUT2D eigenvalue weighted by atomic mass is 127. The molecule has 1 aliphatic rings. The lowest BCUT2D eigenvalue weighted by Crippen LogP contribution is -2.39. The zero-order chi connectivity index (χ0) is 17.8. The monoisotopic (exact) mass is 489 g/mol. The van der Waals surface area contributed by atoms with Gasteiger partial charge in [-0.05, 0) is 46.0 Å². The third-order valence-electron chi connectivity index (χ3n) is 4.68. The van der Waals surface area contributed by atoms with Gasteiger partial charge in [0.15, 0.2) is 5.96 Å². The van der Waals surface area contributed by atoms with E-state index in [9.17, 15) is 0 Å². The number of nitrogens with zero attached hydrogens (tertiary/aromatic N) is 4. The first kappa shape index (κ1) is 21.1. The minimum absolute atomic E-state index is 0. The summed E-state index contributed by atoms with van der Waals surface area (Å²) in [6.07, 6.45) is 5.78. The molecule has 1 N–H and O–H groups in total. The van der Waals surface area contributed by atoms with E-state index < -0.39 is 0 Å². The molecule has 0 aliphatic heterocycles. The summed E-state index contributed by atoms with van der Waals surface area (Å²) in [5.74, 6) is 1.79. The molecule has 0 unspecified atom stereocenters. The molecule has 0 amide bonds. The van der Waals surface area contributed by atoms with Crippen molar-refractivity contribution in [3.8, 4) is 0 Å². The molecule has 2 aromatic heterocycles. The summed E-state index contributed by atoms with van der Waals surface area (Å²) in [5, 5.41) is 8.62. The van der Waals surface area contributed by atoms with Crippen LogP contribution in [-0.2, 0) is 25.8 Å². The Morgan fingerprint density at radius 1 is 1.31 bits per heavy atom. The number of aryl methyl sites for hydroxylation is 4.